The number of carbonyl (C=O) groups excluding carboxylic acids is 1. The van der Waals surface area contributed by atoms with E-state index in [9.17, 15) is 23.1 Å². The molecule has 1 rings (SSSR count). The topological polar surface area (TPSA) is 46.5 Å². The van der Waals surface area contributed by atoms with Crippen LogP contribution in [0.5, 0.6) is 5.75 Å². The summed E-state index contributed by atoms with van der Waals surface area (Å²) in [6, 6.07) is 2.59. The fourth-order valence-electron chi connectivity index (χ4n) is 1.30. The minimum Gasteiger partial charge on any atom is -0.508 e. The van der Waals surface area contributed by atoms with E-state index in [1.54, 1.807) is 0 Å². The van der Waals surface area contributed by atoms with Gasteiger partial charge in [0.1, 0.15) is 5.75 Å². The molecular formula is C11H11F3O3. The highest BCUT2D eigenvalue weighted by Gasteiger charge is 2.30. The first-order valence-electron chi connectivity index (χ1n) is 4.80. The third-order valence-electron chi connectivity index (χ3n) is 2.23. The van der Waals surface area contributed by atoms with Crippen molar-refractivity contribution in [1.82, 2.24) is 0 Å². The smallest absolute Gasteiger partial charge is 0.416 e. The van der Waals surface area contributed by atoms with Crippen LogP contribution in [0.3, 0.4) is 0 Å². The number of aryl methyl sites for hydroxylation is 1. The second-order valence-electron chi connectivity index (χ2n) is 3.42. The molecule has 0 spiro atoms. The largest absolute Gasteiger partial charge is 0.508 e. The highest BCUT2D eigenvalue weighted by atomic mass is 19.4. The van der Waals surface area contributed by atoms with Crippen LogP contribution in [-0.2, 0) is 22.1 Å². The summed E-state index contributed by atoms with van der Waals surface area (Å²) in [4.78, 5) is 10.9. The molecule has 94 valence electrons. The Hall–Kier alpha value is -1.72. The van der Waals surface area contributed by atoms with Crippen LogP contribution in [0.15, 0.2) is 18.2 Å². The molecule has 0 heterocycles. The lowest BCUT2D eigenvalue weighted by Crippen LogP contribution is -2.07. The molecular weight excluding hydrogens is 237 g/mol. The van der Waals surface area contributed by atoms with Crippen LogP contribution in [0.4, 0.5) is 13.2 Å². The van der Waals surface area contributed by atoms with Gasteiger partial charge in [-0.15, -0.1) is 0 Å². The van der Waals surface area contributed by atoms with Gasteiger partial charge in [0.25, 0.3) is 0 Å². The summed E-state index contributed by atoms with van der Waals surface area (Å²) < 4.78 is 41.5. The lowest BCUT2D eigenvalue weighted by atomic mass is 10.0. The van der Waals surface area contributed by atoms with Gasteiger partial charge in [0.15, 0.2) is 0 Å². The monoisotopic (exact) mass is 248 g/mol. The van der Waals surface area contributed by atoms with E-state index in [1.807, 2.05) is 0 Å². The maximum atomic E-state index is 12.4. The summed E-state index contributed by atoms with van der Waals surface area (Å²) in [7, 11) is 1.19. The van der Waals surface area contributed by atoms with Crippen LogP contribution in [0, 0.1) is 0 Å². The van der Waals surface area contributed by atoms with E-state index in [0.717, 1.165) is 18.2 Å². The Kier molecular flexibility index (Phi) is 3.98. The van der Waals surface area contributed by atoms with Crippen LogP contribution in [-0.4, -0.2) is 18.2 Å². The van der Waals surface area contributed by atoms with Gasteiger partial charge in [-0.05, 0) is 30.2 Å². The van der Waals surface area contributed by atoms with Gasteiger partial charge in [0, 0.05) is 6.42 Å². The number of phenols is 1. The Morgan fingerprint density at radius 1 is 1.41 bits per heavy atom. The molecule has 0 unspecified atom stereocenters. The number of aromatic hydroxyl groups is 1. The van der Waals surface area contributed by atoms with E-state index in [2.05, 4.69) is 4.74 Å². The zero-order chi connectivity index (χ0) is 13.1. The molecule has 0 saturated carbocycles. The molecule has 0 bridgehead atoms. The quantitative estimate of drug-likeness (QED) is 0.836. The van der Waals surface area contributed by atoms with Crippen molar-refractivity contribution in [3.63, 3.8) is 0 Å². The molecule has 0 fully saturated rings. The average molecular weight is 248 g/mol. The number of carbonyl (C=O) groups is 1. The van der Waals surface area contributed by atoms with Crippen LogP contribution < -0.4 is 0 Å². The molecule has 1 aromatic rings. The number of alkyl halides is 3. The van der Waals surface area contributed by atoms with Gasteiger partial charge >= 0.3 is 12.1 Å². The second-order valence-corrected chi connectivity index (χ2v) is 3.42. The van der Waals surface area contributed by atoms with Crippen molar-refractivity contribution in [2.45, 2.75) is 19.0 Å². The van der Waals surface area contributed by atoms with E-state index >= 15 is 0 Å². The Morgan fingerprint density at radius 2 is 2.06 bits per heavy atom. The summed E-state index contributed by atoms with van der Waals surface area (Å²) in [6.07, 6.45) is -4.54. The second kappa shape index (κ2) is 5.07. The van der Waals surface area contributed by atoms with Crippen molar-refractivity contribution in [3.05, 3.63) is 29.3 Å². The van der Waals surface area contributed by atoms with Crippen LogP contribution in [0.25, 0.3) is 0 Å². The van der Waals surface area contributed by atoms with Crippen LogP contribution >= 0.6 is 0 Å². The van der Waals surface area contributed by atoms with Gasteiger partial charge in [-0.25, -0.2) is 0 Å². The maximum absolute atomic E-state index is 12.4. The standard InChI is InChI=1S/C11H11F3O3/c1-17-10(16)5-2-7-6-8(11(12,13)14)3-4-9(7)15/h3-4,6,15H,2,5H2,1H3. The summed E-state index contributed by atoms with van der Waals surface area (Å²) in [5.41, 5.74) is -0.777. The molecule has 0 aromatic heterocycles. The summed E-state index contributed by atoms with van der Waals surface area (Å²) in [6.45, 7) is 0. The molecule has 0 amide bonds. The lowest BCUT2D eigenvalue weighted by molar-refractivity contribution is -0.140. The summed E-state index contributed by atoms with van der Waals surface area (Å²) >= 11 is 0. The Labute approximate surface area is 95.8 Å². The predicted molar refractivity (Wildman–Crippen MR) is 53.4 cm³/mol. The number of benzene rings is 1. The highest BCUT2D eigenvalue weighted by molar-refractivity contribution is 5.69. The number of esters is 1. The van der Waals surface area contributed by atoms with Gasteiger partial charge in [-0.3, -0.25) is 4.79 Å². The first-order chi connectivity index (χ1) is 7.84. The molecule has 1 N–H and O–H groups in total. The predicted octanol–water partition coefficient (Wildman–Crippen LogP) is 2.52. The van der Waals surface area contributed by atoms with E-state index in [0.29, 0.717) is 0 Å². The van der Waals surface area contributed by atoms with Gasteiger partial charge in [0.05, 0.1) is 12.7 Å². The molecule has 3 nitrogen and oxygen atoms in total. The van der Waals surface area contributed by atoms with Crippen molar-refractivity contribution in [2.24, 2.45) is 0 Å². The van der Waals surface area contributed by atoms with Gasteiger partial charge in [-0.1, -0.05) is 0 Å². The number of hydrogen-bond donors (Lipinski definition) is 1. The van der Waals surface area contributed by atoms with Crippen molar-refractivity contribution < 1.29 is 27.8 Å². The fraction of sp³-hybridized carbons (Fsp3) is 0.364. The third-order valence-corrected chi connectivity index (χ3v) is 2.23. The molecule has 0 radical (unpaired) electrons. The number of hydrogen-bond acceptors (Lipinski definition) is 3. The number of ether oxygens (including phenoxy) is 1. The first-order valence-corrected chi connectivity index (χ1v) is 4.80. The lowest BCUT2D eigenvalue weighted by Gasteiger charge is -2.10. The molecule has 0 aliphatic rings. The summed E-state index contributed by atoms with van der Waals surface area (Å²) in [5.74, 6) is -0.802. The molecule has 1 aromatic carbocycles. The van der Waals surface area contributed by atoms with Crippen LogP contribution in [0.2, 0.25) is 0 Å². The first kappa shape index (κ1) is 13.3. The number of phenolic OH excluding ortho intramolecular Hbond substituents is 1. The highest BCUT2D eigenvalue weighted by Crippen LogP contribution is 2.32. The Balaban J connectivity index is 2.88. The van der Waals surface area contributed by atoms with Crippen molar-refractivity contribution in [2.75, 3.05) is 7.11 Å². The van der Waals surface area contributed by atoms with Crippen molar-refractivity contribution >= 4 is 5.97 Å². The zero-order valence-electron chi connectivity index (χ0n) is 9.04. The molecule has 0 saturated heterocycles. The minimum atomic E-state index is -4.46. The van der Waals surface area contributed by atoms with Crippen molar-refractivity contribution in [3.8, 4) is 5.75 Å². The number of halogens is 3. The number of methoxy groups -OCH3 is 1. The van der Waals surface area contributed by atoms with Gasteiger partial charge in [-0.2, -0.15) is 13.2 Å². The SMILES string of the molecule is COC(=O)CCc1cc(C(F)(F)F)ccc1O. The third kappa shape index (κ3) is 3.65. The maximum Gasteiger partial charge on any atom is 0.416 e. The average Bonchev–Trinajstić information content (AvgIpc) is 2.26. The van der Waals surface area contributed by atoms with E-state index in [1.165, 1.54) is 7.11 Å². The number of rotatable bonds is 3. The Morgan fingerprint density at radius 3 is 2.59 bits per heavy atom. The molecule has 0 aliphatic heterocycles. The molecule has 17 heavy (non-hydrogen) atoms. The zero-order valence-corrected chi connectivity index (χ0v) is 9.04. The van der Waals surface area contributed by atoms with Gasteiger partial charge in [0.2, 0.25) is 0 Å². The van der Waals surface area contributed by atoms with E-state index < -0.39 is 17.7 Å². The van der Waals surface area contributed by atoms with E-state index in [-0.39, 0.29) is 24.2 Å². The molecule has 0 aliphatic carbocycles. The van der Waals surface area contributed by atoms with Crippen LogP contribution in [0.1, 0.15) is 17.5 Å². The van der Waals surface area contributed by atoms with E-state index in [4.69, 9.17) is 0 Å². The fourth-order valence-corrected chi connectivity index (χ4v) is 1.30. The molecule has 0 atom stereocenters. The summed E-state index contributed by atoms with van der Waals surface area (Å²) in [5, 5.41) is 9.37. The minimum absolute atomic E-state index is 0.00241. The van der Waals surface area contributed by atoms with Crippen molar-refractivity contribution in [1.29, 1.82) is 0 Å². The Bertz CT molecular complexity index is 413. The molecule has 6 heteroatoms. The normalized spacial score (nSPS) is 11.3. The van der Waals surface area contributed by atoms with Gasteiger partial charge < -0.3 is 9.84 Å².